The number of aryl methyl sites for hydroxylation is 4. The molecular weight excluding hydrogens is 496 g/mol. The Kier molecular flexibility index (Phi) is 6.00. The Morgan fingerprint density at radius 3 is 1.93 bits per heavy atom. The molecule has 0 radical (unpaired) electrons. The molecule has 6 aromatic heterocycles. The minimum atomic E-state index is 0.641. The van der Waals surface area contributed by atoms with Crippen LogP contribution in [0.2, 0.25) is 0 Å². The van der Waals surface area contributed by atoms with E-state index in [2.05, 4.69) is 115 Å². The first-order chi connectivity index (χ1) is 19.7. The van der Waals surface area contributed by atoms with Gasteiger partial charge in [-0.3, -0.25) is 14.3 Å². The predicted octanol–water partition coefficient (Wildman–Crippen LogP) is 3.62. The summed E-state index contributed by atoms with van der Waals surface area (Å²) in [6.07, 6.45) is 12.1. The van der Waals surface area contributed by atoms with Crippen molar-refractivity contribution in [2.24, 2.45) is 7.05 Å². The fraction of sp³-hybridized carbons (Fsp3) is 0.188. The summed E-state index contributed by atoms with van der Waals surface area (Å²) in [7, 11) is 1.99. The molecule has 0 spiro atoms. The summed E-state index contributed by atoms with van der Waals surface area (Å²) < 4.78 is 11.1. The van der Waals surface area contributed by atoms with E-state index in [9.17, 15) is 0 Å². The smallest absolute Gasteiger partial charge is 0.231 e. The molecule has 1 aliphatic rings. The van der Waals surface area contributed by atoms with E-state index in [-0.39, 0.29) is 0 Å². The van der Waals surface area contributed by atoms with E-state index in [4.69, 9.17) is 4.98 Å². The number of hydrogen-bond acceptors (Lipinski definition) is 3. The molecule has 0 aromatic carbocycles. The summed E-state index contributed by atoms with van der Waals surface area (Å²) in [6, 6.07) is 23.5. The Morgan fingerprint density at radius 1 is 0.700 bits per heavy atom. The zero-order valence-electron chi connectivity index (χ0n) is 22.7. The van der Waals surface area contributed by atoms with Crippen molar-refractivity contribution in [1.29, 1.82) is 0 Å². The highest BCUT2D eigenvalue weighted by atomic mass is 15.3. The summed E-state index contributed by atoms with van der Waals surface area (Å²) in [6.45, 7) is 5.30. The predicted molar refractivity (Wildman–Crippen MR) is 150 cm³/mol. The summed E-state index contributed by atoms with van der Waals surface area (Å²) in [5.41, 5.74) is 10.1. The molecule has 8 nitrogen and oxygen atoms in total. The van der Waals surface area contributed by atoms with Crippen LogP contribution in [0.15, 0.2) is 104 Å². The highest BCUT2D eigenvalue weighted by Gasteiger charge is 2.32. The molecule has 8 heteroatoms. The largest absolute Gasteiger partial charge is 0.263 e. The number of aromatic nitrogens is 8. The molecule has 196 valence electrons. The molecule has 0 unspecified atom stereocenters. The van der Waals surface area contributed by atoms with Crippen LogP contribution >= 0.6 is 0 Å². The lowest BCUT2D eigenvalue weighted by Gasteiger charge is -2.14. The monoisotopic (exact) mass is 527 g/mol. The van der Waals surface area contributed by atoms with Crippen LogP contribution in [-0.4, -0.2) is 24.5 Å². The maximum atomic E-state index is 4.77. The number of pyridine rings is 4. The van der Waals surface area contributed by atoms with Gasteiger partial charge in [0.15, 0.2) is 18.9 Å². The molecule has 2 bridgehead atoms. The summed E-state index contributed by atoms with van der Waals surface area (Å²) in [5, 5.41) is 9.10. The van der Waals surface area contributed by atoms with E-state index in [0.717, 1.165) is 53.5 Å². The summed E-state index contributed by atoms with van der Waals surface area (Å²) >= 11 is 0. The van der Waals surface area contributed by atoms with E-state index in [1.807, 2.05) is 36.5 Å². The molecule has 7 heterocycles. The van der Waals surface area contributed by atoms with Crippen LogP contribution in [0.3, 0.4) is 0 Å². The van der Waals surface area contributed by atoms with Crippen molar-refractivity contribution < 1.29 is 13.7 Å². The number of fused-ring (bicyclic) bond motifs is 6. The number of rotatable bonds is 5. The zero-order valence-corrected chi connectivity index (χ0v) is 22.7. The van der Waals surface area contributed by atoms with E-state index in [1.54, 1.807) is 0 Å². The Balaban J connectivity index is 1.53. The van der Waals surface area contributed by atoms with Crippen LogP contribution in [0.25, 0.3) is 45.3 Å². The van der Waals surface area contributed by atoms with E-state index in [0.29, 0.717) is 6.54 Å². The standard InChI is InChI=1S/C32H31N8/c1-3-40-32(14-16-35-40)31-12-8-11-30(29-13-15-34-36(29)2)39(31)23-26-24-21-33-22-25(26)28-10-5-7-18-38(28)20-19-37-17-6-4-9-27(24)37/h4-18,21-22H,3,19-20,23H2,1-2H3/q+3. The summed E-state index contributed by atoms with van der Waals surface area (Å²) in [5.74, 6) is 0. The molecule has 7 rings (SSSR count). The molecule has 0 atom stereocenters. The van der Waals surface area contributed by atoms with Gasteiger partial charge in [-0.2, -0.15) is 23.9 Å². The lowest BCUT2D eigenvalue weighted by molar-refractivity contribution is -0.768. The van der Waals surface area contributed by atoms with Crippen molar-refractivity contribution >= 4 is 0 Å². The lowest BCUT2D eigenvalue weighted by atomic mass is 9.98. The summed E-state index contributed by atoms with van der Waals surface area (Å²) in [4.78, 5) is 4.77. The van der Waals surface area contributed by atoms with Gasteiger partial charge in [-0.15, -0.1) is 0 Å². The molecular formula is C32H31N8+3. The van der Waals surface area contributed by atoms with Gasteiger partial charge in [0.2, 0.25) is 35.9 Å². The molecule has 0 aliphatic carbocycles. The van der Waals surface area contributed by atoms with E-state index in [1.165, 1.54) is 17.0 Å². The van der Waals surface area contributed by atoms with Crippen molar-refractivity contribution in [2.75, 3.05) is 0 Å². The second-order valence-corrected chi connectivity index (χ2v) is 10.0. The molecule has 0 saturated heterocycles. The minimum absolute atomic E-state index is 0.641. The third-order valence-corrected chi connectivity index (χ3v) is 7.84. The van der Waals surface area contributed by atoms with Crippen LogP contribution in [-0.2, 0) is 33.2 Å². The molecule has 0 fully saturated rings. The van der Waals surface area contributed by atoms with Gasteiger partial charge in [0.25, 0.3) is 0 Å². The maximum Gasteiger partial charge on any atom is 0.231 e. The van der Waals surface area contributed by atoms with Crippen LogP contribution in [0.5, 0.6) is 0 Å². The zero-order chi connectivity index (χ0) is 27.1. The second-order valence-electron chi connectivity index (χ2n) is 10.0. The minimum Gasteiger partial charge on any atom is -0.263 e. The van der Waals surface area contributed by atoms with Crippen LogP contribution in [0.4, 0.5) is 0 Å². The second kappa shape index (κ2) is 9.96. The quantitative estimate of drug-likeness (QED) is 0.322. The van der Waals surface area contributed by atoms with Gasteiger partial charge in [0.05, 0.1) is 11.1 Å². The van der Waals surface area contributed by atoms with Crippen molar-refractivity contribution in [3.8, 4) is 45.3 Å². The third kappa shape index (κ3) is 4.00. The fourth-order valence-electron chi connectivity index (χ4n) is 5.89. The topological polar surface area (TPSA) is 60.2 Å². The van der Waals surface area contributed by atoms with Gasteiger partial charge in [-0.05, 0) is 37.3 Å². The fourth-order valence-corrected chi connectivity index (χ4v) is 5.89. The van der Waals surface area contributed by atoms with Crippen molar-refractivity contribution in [3.05, 3.63) is 109 Å². The lowest BCUT2D eigenvalue weighted by Crippen LogP contribution is -2.45. The normalized spacial score (nSPS) is 12.2. The Bertz CT molecular complexity index is 1780. The van der Waals surface area contributed by atoms with Gasteiger partial charge >= 0.3 is 0 Å². The molecule has 0 amide bonds. The average Bonchev–Trinajstić information content (AvgIpc) is 3.65. The van der Waals surface area contributed by atoms with Gasteiger partial charge in [0, 0.05) is 80.3 Å². The highest BCUT2D eigenvalue weighted by Crippen LogP contribution is 2.31. The highest BCUT2D eigenvalue weighted by molar-refractivity contribution is 5.72. The first-order valence-electron chi connectivity index (χ1n) is 13.7. The maximum absolute atomic E-state index is 4.77. The third-order valence-electron chi connectivity index (χ3n) is 7.84. The van der Waals surface area contributed by atoms with E-state index >= 15 is 0 Å². The van der Waals surface area contributed by atoms with Gasteiger partial charge in [-0.25, -0.2) is 0 Å². The van der Waals surface area contributed by atoms with Crippen LogP contribution in [0, 0.1) is 0 Å². The molecule has 0 saturated carbocycles. The molecule has 0 N–H and O–H groups in total. The average molecular weight is 528 g/mol. The number of nitrogens with zero attached hydrogens (tertiary/aromatic N) is 8. The Hall–Kier alpha value is -4.98. The number of hydrogen-bond donors (Lipinski definition) is 0. The Morgan fingerprint density at radius 2 is 1.30 bits per heavy atom. The van der Waals surface area contributed by atoms with Gasteiger partial charge in [0.1, 0.15) is 11.4 Å². The van der Waals surface area contributed by atoms with Gasteiger partial charge < -0.3 is 0 Å². The van der Waals surface area contributed by atoms with Crippen LogP contribution in [0.1, 0.15) is 12.5 Å². The SMILES string of the molecule is CCn1nccc1-c1cccc(-c2ccnn2C)[n+]1Cc1c2cncc1-c1cccc[n+]1CC[n+]1ccccc1-2. The first kappa shape index (κ1) is 24.1. The Labute approximate surface area is 233 Å². The van der Waals surface area contributed by atoms with E-state index < -0.39 is 0 Å². The molecule has 40 heavy (non-hydrogen) atoms. The van der Waals surface area contributed by atoms with Crippen molar-refractivity contribution in [3.63, 3.8) is 0 Å². The van der Waals surface area contributed by atoms with Crippen molar-refractivity contribution in [2.45, 2.75) is 33.1 Å². The molecule has 1 aliphatic heterocycles. The molecule has 6 aromatic rings. The van der Waals surface area contributed by atoms with Crippen molar-refractivity contribution in [1.82, 2.24) is 24.5 Å². The first-order valence-corrected chi connectivity index (χ1v) is 13.7. The van der Waals surface area contributed by atoms with Crippen LogP contribution < -0.4 is 13.7 Å². The van der Waals surface area contributed by atoms with Gasteiger partial charge in [-0.1, -0.05) is 0 Å².